The molecule has 0 unspecified atom stereocenters. The van der Waals surface area contributed by atoms with E-state index in [1.54, 1.807) is 0 Å². The highest BCUT2D eigenvalue weighted by Crippen LogP contribution is 2.36. The van der Waals surface area contributed by atoms with E-state index in [-0.39, 0.29) is 6.17 Å². The molecule has 3 aliphatic rings. The summed E-state index contributed by atoms with van der Waals surface area (Å²) in [5.74, 6) is 0.351. The lowest BCUT2D eigenvalue weighted by molar-refractivity contribution is -0.127. The molecule has 3 rings (SSSR count). The molecule has 0 aromatic rings. The van der Waals surface area contributed by atoms with Crippen molar-refractivity contribution >= 4 is 5.91 Å². The van der Waals surface area contributed by atoms with Crippen molar-refractivity contribution in [3.8, 4) is 0 Å². The van der Waals surface area contributed by atoms with Crippen LogP contribution in [0, 0.1) is 0 Å². The molecule has 0 radical (unpaired) electrons. The minimum Gasteiger partial charge on any atom is -0.319 e. The first-order valence-electron chi connectivity index (χ1n) is 12.1. The van der Waals surface area contributed by atoms with Crippen LogP contribution in [-0.4, -0.2) is 29.6 Å². The molecule has 1 fully saturated rings. The Kier molecular flexibility index (Phi) is 8.70. The Labute approximate surface area is 167 Å². The Morgan fingerprint density at radius 3 is 2.07 bits per heavy atom. The number of carbonyl (C=O) groups excluding carboxylic acids is 1. The number of nitrogens with zero attached hydrogens (tertiary/aromatic N) is 1. The van der Waals surface area contributed by atoms with Crippen LogP contribution in [0.5, 0.6) is 0 Å². The molecule has 3 heteroatoms. The fraction of sp³-hybridized carbons (Fsp3) is 0.875. The van der Waals surface area contributed by atoms with Crippen LogP contribution in [-0.2, 0) is 4.79 Å². The van der Waals surface area contributed by atoms with Gasteiger partial charge >= 0.3 is 0 Å². The summed E-state index contributed by atoms with van der Waals surface area (Å²) in [5, 5.41) is 4.01. The zero-order valence-corrected chi connectivity index (χ0v) is 17.7. The Balaban J connectivity index is 1.66. The zero-order valence-electron chi connectivity index (χ0n) is 17.7. The van der Waals surface area contributed by atoms with Gasteiger partial charge in [-0.25, -0.2) is 0 Å². The molecule has 154 valence electrons. The maximum absolute atomic E-state index is 13.0. The van der Waals surface area contributed by atoms with E-state index < -0.39 is 0 Å². The lowest BCUT2D eigenvalue weighted by Gasteiger charge is -2.32. The van der Waals surface area contributed by atoms with E-state index in [2.05, 4.69) is 17.1 Å². The molecule has 1 atom stereocenters. The van der Waals surface area contributed by atoms with E-state index >= 15 is 0 Å². The summed E-state index contributed by atoms with van der Waals surface area (Å²) < 4.78 is 0. The first-order valence-corrected chi connectivity index (χ1v) is 12.1. The summed E-state index contributed by atoms with van der Waals surface area (Å²) in [4.78, 5) is 15.2. The minimum absolute atomic E-state index is 0.206. The fourth-order valence-electron chi connectivity index (χ4n) is 5.26. The molecule has 1 aliphatic heterocycles. The topological polar surface area (TPSA) is 32.3 Å². The van der Waals surface area contributed by atoms with Gasteiger partial charge in [0, 0.05) is 18.2 Å². The largest absolute Gasteiger partial charge is 0.319 e. The molecule has 3 nitrogen and oxygen atoms in total. The third-order valence-electron chi connectivity index (χ3n) is 6.92. The van der Waals surface area contributed by atoms with Crippen LogP contribution >= 0.6 is 0 Å². The van der Waals surface area contributed by atoms with Crippen molar-refractivity contribution in [3.63, 3.8) is 0 Å². The van der Waals surface area contributed by atoms with Gasteiger partial charge in [-0.3, -0.25) is 10.1 Å². The van der Waals surface area contributed by atoms with E-state index in [4.69, 9.17) is 0 Å². The van der Waals surface area contributed by atoms with Crippen LogP contribution in [0.2, 0.25) is 0 Å². The van der Waals surface area contributed by atoms with Gasteiger partial charge in [-0.15, -0.1) is 0 Å². The van der Waals surface area contributed by atoms with Gasteiger partial charge in [0.05, 0.1) is 0 Å². The molecule has 0 bridgehead atoms. The summed E-state index contributed by atoms with van der Waals surface area (Å²) in [6.07, 6.45) is 22.2. The summed E-state index contributed by atoms with van der Waals surface area (Å²) in [6.45, 7) is 3.15. The van der Waals surface area contributed by atoms with Gasteiger partial charge in [-0.05, 0) is 50.5 Å². The predicted molar refractivity (Wildman–Crippen MR) is 114 cm³/mol. The second kappa shape index (κ2) is 11.2. The molecule has 27 heavy (non-hydrogen) atoms. The molecule has 0 saturated heterocycles. The third kappa shape index (κ3) is 5.82. The molecule has 1 N–H and O–H groups in total. The molecule has 0 spiro atoms. The van der Waals surface area contributed by atoms with Gasteiger partial charge in [0.25, 0.3) is 5.91 Å². The van der Waals surface area contributed by atoms with Crippen LogP contribution in [0.15, 0.2) is 11.1 Å². The zero-order chi connectivity index (χ0) is 18.9. The van der Waals surface area contributed by atoms with Crippen LogP contribution in [0.25, 0.3) is 0 Å². The maximum atomic E-state index is 13.0. The monoisotopic (exact) mass is 374 g/mol. The number of unbranched alkanes of at least 4 members (excludes halogenated alkanes) is 1. The first-order chi connectivity index (χ1) is 13.3. The van der Waals surface area contributed by atoms with Gasteiger partial charge in [0.15, 0.2) is 0 Å². The van der Waals surface area contributed by atoms with Crippen LogP contribution < -0.4 is 5.32 Å². The van der Waals surface area contributed by atoms with E-state index in [1.165, 1.54) is 94.6 Å². The van der Waals surface area contributed by atoms with Gasteiger partial charge in [0.1, 0.15) is 6.17 Å². The average molecular weight is 375 g/mol. The highest BCUT2D eigenvalue weighted by atomic mass is 16.2. The van der Waals surface area contributed by atoms with E-state index in [0.29, 0.717) is 11.9 Å². The Morgan fingerprint density at radius 1 is 0.852 bits per heavy atom. The average Bonchev–Trinajstić information content (AvgIpc) is 2.94. The lowest BCUT2D eigenvalue weighted by atomic mass is 9.91. The van der Waals surface area contributed by atoms with Crippen LogP contribution in [0.3, 0.4) is 0 Å². The Hall–Kier alpha value is -0.830. The molecule has 2 aliphatic carbocycles. The first kappa shape index (κ1) is 20.9. The smallest absolute Gasteiger partial charge is 0.251 e. The van der Waals surface area contributed by atoms with E-state index in [0.717, 1.165) is 32.2 Å². The van der Waals surface area contributed by atoms with Crippen molar-refractivity contribution in [2.24, 2.45) is 0 Å². The van der Waals surface area contributed by atoms with Gasteiger partial charge in [-0.2, -0.15) is 0 Å². The molecule has 0 aromatic heterocycles. The number of hydrogen-bond donors (Lipinski definition) is 1. The number of nitrogens with one attached hydrogen (secondary N) is 1. The summed E-state index contributed by atoms with van der Waals surface area (Å²) >= 11 is 0. The van der Waals surface area contributed by atoms with Gasteiger partial charge in [0.2, 0.25) is 0 Å². The summed E-state index contributed by atoms with van der Waals surface area (Å²) in [7, 11) is 0. The van der Waals surface area contributed by atoms with Crippen molar-refractivity contribution in [1.82, 2.24) is 10.2 Å². The maximum Gasteiger partial charge on any atom is 0.251 e. The van der Waals surface area contributed by atoms with E-state index in [1.807, 2.05) is 0 Å². The number of rotatable bonds is 5. The number of carbonyl (C=O) groups is 1. The van der Waals surface area contributed by atoms with Gasteiger partial charge < -0.3 is 4.90 Å². The Bertz CT molecular complexity index is 487. The second-order valence-corrected chi connectivity index (χ2v) is 9.09. The summed E-state index contributed by atoms with van der Waals surface area (Å²) in [5.41, 5.74) is 2.62. The molecule has 1 saturated carbocycles. The highest BCUT2D eigenvalue weighted by Gasteiger charge is 2.39. The molecular weight excluding hydrogens is 332 g/mol. The van der Waals surface area contributed by atoms with Crippen molar-refractivity contribution < 1.29 is 4.79 Å². The van der Waals surface area contributed by atoms with Crippen LogP contribution in [0.4, 0.5) is 0 Å². The lowest BCUT2D eigenvalue weighted by Crippen LogP contribution is -2.49. The van der Waals surface area contributed by atoms with Crippen molar-refractivity contribution in [2.75, 3.05) is 6.54 Å². The molecule has 1 amide bonds. The normalized spacial score (nSPS) is 26.6. The SMILES string of the molecule is CCCCN1C(=O)C2=C(CCCC2)[C@H]1NC1CCCCCCCCCCC1. The minimum atomic E-state index is 0.206. The molecule has 0 aromatic carbocycles. The quantitative estimate of drug-likeness (QED) is 0.631. The standard InChI is InChI=1S/C24H42N2O/c1-2-3-19-26-23(21-17-13-14-18-22(21)24(26)27)25-20-15-11-9-7-5-4-6-8-10-12-16-20/h20,23,25H,2-19H2,1H3/t23-/m0/s1. The van der Waals surface area contributed by atoms with E-state index in [9.17, 15) is 4.79 Å². The number of hydrogen-bond acceptors (Lipinski definition) is 2. The highest BCUT2D eigenvalue weighted by molar-refractivity contribution is 5.97. The third-order valence-corrected chi connectivity index (χ3v) is 6.92. The van der Waals surface area contributed by atoms with Crippen molar-refractivity contribution in [3.05, 3.63) is 11.1 Å². The molecule has 1 heterocycles. The van der Waals surface area contributed by atoms with Crippen molar-refractivity contribution in [2.45, 2.75) is 128 Å². The molecular formula is C24H42N2O. The Morgan fingerprint density at radius 2 is 1.44 bits per heavy atom. The predicted octanol–water partition coefficient (Wildman–Crippen LogP) is 6.09. The number of amides is 1. The summed E-state index contributed by atoms with van der Waals surface area (Å²) in [6, 6.07) is 0.583. The van der Waals surface area contributed by atoms with Crippen LogP contribution in [0.1, 0.15) is 116 Å². The van der Waals surface area contributed by atoms with Gasteiger partial charge in [-0.1, -0.05) is 71.1 Å². The fourth-order valence-corrected chi connectivity index (χ4v) is 5.26. The van der Waals surface area contributed by atoms with Crippen molar-refractivity contribution in [1.29, 1.82) is 0 Å². The second-order valence-electron chi connectivity index (χ2n) is 9.09.